The number of aryl methyl sites for hydroxylation is 1. The van der Waals surface area contributed by atoms with Crippen molar-refractivity contribution in [1.29, 1.82) is 0 Å². The van der Waals surface area contributed by atoms with Crippen LogP contribution < -0.4 is 15.1 Å². The molecule has 1 aliphatic rings. The first kappa shape index (κ1) is 19.9. The zero-order valence-corrected chi connectivity index (χ0v) is 16.6. The van der Waals surface area contributed by atoms with Crippen molar-refractivity contribution in [3.05, 3.63) is 54.0 Å². The van der Waals surface area contributed by atoms with Gasteiger partial charge in [-0.1, -0.05) is 18.2 Å². The van der Waals surface area contributed by atoms with Gasteiger partial charge in [-0.3, -0.25) is 9.59 Å². The Morgan fingerprint density at radius 2 is 1.93 bits per heavy atom. The summed E-state index contributed by atoms with van der Waals surface area (Å²) in [5.74, 6) is 0.498. The molecule has 0 bridgehead atoms. The van der Waals surface area contributed by atoms with Crippen LogP contribution in [0.5, 0.6) is 0 Å². The topological polar surface area (TPSA) is 70.2 Å². The number of carbonyl (C=O) groups is 2. The number of likely N-dealkylation sites (N-methyl/N-ethyl adjacent to an activating group) is 1. The van der Waals surface area contributed by atoms with Crippen LogP contribution >= 0.6 is 0 Å². The van der Waals surface area contributed by atoms with E-state index < -0.39 is 0 Å². The molecule has 7 nitrogen and oxygen atoms in total. The van der Waals surface area contributed by atoms with Crippen molar-refractivity contribution in [2.75, 3.05) is 51.2 Å². The Kier molecular flexibility index (Phi) is 6.71. The predicted molar refractivity (Wildman–Crippen MR) is 107 cm³/mol. The summed E-state index contributed by atoms with van der Waals surface area (Å²) >= 11 is 0. The molecule has 2 heterocycles. The first-order chi connectivity index (χ1) is 13.5. The average Bonchev–Trinajstić information content (AvgIpc) is 3.21. The summed E-state index contributed by atoms with van der Waals surface area (Å²) in [4.78, 5) is 29.6. The molecule has 1 aromatic carbocycles. The van der Waals surface area contributed by atoms with Crippen molar-refractivity contribution >= 4 is 17.5 Å². The molecule has 3 rings (SSSR count). The SMILES string of the molecule is Cc1ccccc1N1CC[NH+](CC(=O)N(C)CC(=O)NCc2ccco2)CC1. The molecule has 0 spiro atoms. The molecule has 1 saturated heterocycles. The van der Waals surface area contributed by atoms with Gasteiger partial charge in [0.05, 0.1) is 45.5 Å². The minimum Gasteiger partial charge on any atom is -0.467 e. The first-order valence-electron chi connectivity index (χ1n) is 9.70. The highest BCUT2D eigenvalue weighted by molar-refractivity contribution is 5.84. The van der Waals surface area contributed by atoms with Gasteiger partial charge in [0, 0.05) is 12.7 Å². The van der Waals surface area contributed by atoms with Gasteiger partial charge in [-0.2, -0.15) is 0 Å². The van der Waals surface area contributed by atoms with Gasteiger partial charge in [-0.25, -0.2) is 0 Å². The van der Waals surface area contributed by atoms with E-state index in [9.17, 15) is 9.59 Å². The largest absolute Gasteiger partial charge is 0.467 e. The average molecular weight is 385 g/mol. The Bertz CT molecular complexity index is 783. The van der Waals surface area contributed by atoms with Crippen LogP contribution in [0.4, 0.5) is 5.69 Å². The molecular formula is C21H29N4O3+. The number of rotatable bonds is 7. The lowest BCUT2D eigenvalue weighted by Gasteiger charge is -2.34. The third-order valence-electron chi connectivity index (χ3n) is 5.17. The van der Waals surface area contributed by atoms with E-state index in [2.05, 4.69) is 41.4 Å². The third-order valence-corrected chi connectivity index (χ3v) is 5.17. The summed E-state index contributed by atoms with van der Waals surface area (Å²) < 4.78 is 5.18. The predicted octanol–water partition coefficient (Wildman–Crippen LogP) is 0.0677. The number of hydrogen-bond donors (Lipinski definition) is 2. The molecule has 0 unspecified atom stereocenters. The Morgan fingerprint density at radius 1 is 1.18 bits per heavy atom. The van der Waals surface area contributed by atoms with Gasteiger partial charge in [0.25, 0.3) is 5.91 Å². The summed E-state index contributed by atoms with van der Waals surface area (Å²) in [6.07, 6.45) is 1.57. The van der Waals surface area contributed by atoms with E-state index in [1.54, 1.807) is 25.4 Å². The summed E-state index contributed by atoms with van der Waals surface area (Å²) in [6, 6.07) is 12.0. The molecule has 7 heteroatoms. The van der Waals surface area contributed by atoms with Gasteiger partial charge in [0.1, 0.15) is 5.76 Å². The van der Waals surface area contributed by atoms with E-state index >= 15 is 0 Å². The van der Waals surface area contributed by atoms with E-state index in [1.165, 1.54) is 21.1 Å². The highest BCUT2D eigenvalue weighted by atomic mass is 16.3. The fourth-order valence-corrected chi connectivity index (χ4v) is 3.47. The standard InChI is InChI=1S/C21H28N4O3/c1-17-6-3-4-8-19(17)25-11-9-24(10-12-25)16-21(27)23(2)15-20(26)22-14-18-7-5-13-28-18/h3-8,13H,9-12,14-16H2,1-2H3,(H,22,26)/p+1. The Labute approximate surface area is 165 Å². The second-order valence-corrected chi connectivity index (χ2v) is 7.31. The Hall–Kier alpha value is -2.80. The van der Waals surface area contributed by atoms with Crippen molar-refractivity contribution in [1.82, 2.24) is 10.2 Å². The summed E-state index contributed by atoms with van der Waals surface area (Å²) in [7, 11) is 1.68. The van der Waals surface area contributed by atoms with Crippen molar-refractivity contribution in [2.45, 2.75) is 13.5 Å². The number of benzene rings is 1. The van der Waals surface area contributed by atoms with Gasteiger partial charge in [0.2, 0.25) is 5.91 Å². The van der Waals surface area contributed by atoms with Crippen molar-refractivity contribution in [3.63, 3.8) is 0 Å². The van der Waals surface area contributed by atoms with E-state index in [4.69, 9.17) is 4.42 Å². The molecule has 28 heavy (non-hydrogen) atoms. The number of amides is 2. The molecule has 150 valence electrons. The van der Waals surface area contributed by atoms with Gasteiger partial charge in [-0.05, 0) is 30.7 Å². The maximum absolute atomic E-state index is 12.5. The second-order valence-electron chi connectivity index (χ2n) is 7.31. The summed E-state index contributed by atoms with van der Waals surface area (Å²) in [5, 5.41) is 2.76. The number of quaternary nitrogens is 1. The monoisotopic (exact) mass is 385 g/mol. The van der Waals surface area contributed by atoms with Crippen LogP contribution in [0.15, 0.2) is 47.1 Å². The molecule has 0 atom stereocenters. The number of furan rings is 1. The van der Waals surface area contributed by atoms with Crippen LogP contribution in [-0.4, -0.2) is 63.0 Å². The molecule has 1 fully saturated rings. The van der Waals surface area contributed by atoms with E-state index in [0.717, 1.165) is 26.2 Å². The van der Waals surface area contributed by atoms with Crippen LogP contribution in [0.1, 0.15) is 11.3 Å². The summed E-state index contributed by atoms with van der Waals surface area (Å²) in [5.41, 5.74) is 2.56. The molecule has 1 aliphatic heterocycles. The van der Waals surface area contributed by atoms with Crippen molar-refractivity contribution in [3.8, 4) is 0 Å². The summed E-state index contributed by atoms with van der Waals surface area (Å²) in [6.45, 7) is 6.63. The number of hydrogen-bond acceptors (Lipinski definition) is 4. The molecule has 0 aliphatic carbocycles. The zero-order chi connectivity index (χ0) is 19.9. The normalized spacial score (nSPS) is 14.7. The van der Waals surface area contributed by atoms with Crippen LogP contribution in [0, 0.1) is 6.92 Å². The van der Waals surface area contributed by atoms with Crippen molar-refractivity contribution in [2.24, 2.45) is 0 Å². The fourth-order valence-electron chi connectivity index (χ4n) is 3.47. The van der Waals surface area contributed by atoms with Crippen LogP contribution in [-0.2, 0) is 16.1 Å². The lowest BCUT2D eigenvalue weighted by atomic mass is 10.1. The minimum absolute atomic E-state index is 0.00695. The lowest BCUT2D eigenvalue weighted by molar-refractivity contribution is -0.892. The van der Waals surface area contributed by atoms with Gasteiger partial charge in [-0.15, -0.1) is 0 Å². The van der Waals surface area contributed by atoms with Crippen molar-refractivity contribution < 1.29 is 18.9 Å². The minimum atomic E-state index is -0.188. The number of carbonyl (C=O) groups excluding carboxylic acids is 2. The first-order valence-corrected chi connectivity index (χ1v) is 9.70. The molecular weight excluding hydrogens is 356 g/mol. The maximum atomic E-state index is 12.5. The molecule has 2 amide bonds. The fraction of sp³-hybridized carbons (Fsp3) is 0.429. The molecule has 2 aromatic rings. The van der Waals surface area contributed by atoms with E-state index in [1.807, 2.05) is 0 Å². The van der Waals surface area contributed by atoms with Crippen LogP contribution in [0.25, 0.3) is 0 Å². The van der Waals surface area contributed by atoms with Gasteiger partial charge in [0.15, 0.2) is 6.54 Å². The second kappa shape index (κ2) is 9.41. The number of nitrogens with one attached hydrogen (secondary N) is 2. The van der Waals surface area contributed by atoms with E-state index in [0.29, 0.717) is 18.8 Å². The highest BCUT2D eigenvalue weighted by Crippen LogP contribution is 2.18. The van der Waals surface area contributed by atoms with Crippen LogP contribution in [0.3, 0.4) is 0 Å². The number of nitrogens with zero attached hydrogens (tertiary/aromatic N) is 2. The lowest BCUT2D eigenvalue weighted by Crippen LogP contribution is -3.15. The Morgan fingerprint density at radius 3 is 2.61 bits per heavy atom. The Balaban J connectivity index is 1.40. The molecule has 0 radical (unpaired) electrons. The number of piperazine rings is 1. The maximum Gasteiger partial charge on any atom is 0.277 e. The number of anilines is 1. The third kappa shape index (κ3) is 5.36. The molecule has 2 N–H and O–H groups in total. The van der Waals surface area contributed by atoms with E-state index in [-0.39, 0.29) is 18.4 Å². The zero-order valence-electron chi connectivity index (χ0n) is 16.6. The number of para-hydroxylation sites is 1. The van der Waals surface area contributed by atoms with Crippen LogP contribution in [0.2, 0.25) is 0 Å². The molecule has 0 saturated carbocycles. The quantitative estimate of drug-likeness (QED) is 0.708. The van der Waals surface area contributed by atoms with Gasteiger partial charge >= 0.3 is 0 Å². The van der Waals surface area contributed by atoms with Gasteiger partial charge < -0.3 is 24.4 Å². The smallest absolute Gasteiger partial charge is 0.277 e. The molecule has 1 aromatic heterocycles. The highest BCUT2D eigenvalue weighted by Gasteiger charge is 2.25.